The third-order valence-electron chi connectivity index (χ3n) is 4.16. The van der Waals surface area contributed by atoms with Crippen molar-refractivity contribution < 1.29 is 0 Å². The third-order valence-corrected chi connectivity index (χ3v) is 5.30. The maximum atomic E-state index is 4.38. The van der Waals surface area contributed by atoms with Gasteiger partial charge in [0.1, 0.15) is 10.8 Å². The summed E-state index contributed by atoms with van der Waals surface area (Å²) in [5.41, 5.74) is 0. The van der Waals surface area contributed by atoms with E-state index in [2.05, 4.69) is 37.8 Å². The molecule has 2 aromatic rings. The highest BCUT2D eigenvalue weighted by molar-refractivity contribution is 7.15. The zero-order valence-corrected chi connectivity index (χ0v) is 12.5. The zero-order chi connectivity index (χ0) is 13.5. The van der Waals surface area contributed by atoms with Crippen LogP contribution in [0.25, 0.3) is 0 Å². The molecule has 0 radical (unpaired) electrons. The van der Waals surface area contributed by atoms with Gasteiger partial charge < -0.3 is 9.47 Å². The van der Waals surface area contributed by atoms with Crippen LogP contribution in [0.15, 0.2) is 12.4 Å². The van der Waals surface area contributed by atoms with Gasteiger partial charge in [0.05, 0.1) is 0 Å². The van der Waals surface area contributed by atoms with Gasteiger partial charge in [0.15, 0.2) is 0 Å². The third kappa shape index (κ3) is 2.22. The van der Waals surface area contributed by atoms with Crippen LogP contribution in [0.5, 0.6) is 0 Å². The Labute approximate surface area is 122 Å². The van der Waals surface area contributed by atoms with Gasteiger partial charge in [-0.2, -0.15) is 0 Å². The Kier molecular flexibility index (Phi) is 2.98. The van der Waals surface area contributed by atoms with E-state index in [-0.39, 0.29) is 0 Å². The molecule has 1 saturated carbocycles. The average molecular weight is 289 g/mol. The maximum Gasteiger partial charge on any atom is 0.208 e. The van der Waals surface area contributed by atoms with Gasteiger partial charge in [0, 0.05) is 50.3 Å². The van der Waals surface area contributed by atoms with E-state index in [1.165, 1.54) is 23.7 Å². The molecule has 106 valence electrons. The van der Waals surface area contributed by atoms with Gasteiger partial charge in [-0.05, 0) is 12.8 Å². The van der Waals surface area contributed by atoms with Gasteiger partial charge in [0.25, 0.3) is 0 Å². The highest BCUT2D eigenvalue weighted by Crippen LogP contribution is 2.43. The number of aryl methyl sites for hydroxylation is 1. The lowest BCUT2D eigenvalue weighted by Gasteiger charge is -2.39. The normalized spacial score (nSPS) is 19.4. The van der Waals surface area contributed by atoms with Gasteiger partial charge in [-0.15, -0.1) is 10.2 Å². The second-order valence-corrected chi connectivity index (χ2v) is 6.81. The number of hydrogen-bond donors (Lipinski definition) is 0. The van der Waals surface area contributed by atoms with Crippen molar-refractivity contribution in [3.8, 4) is 0 Å². The van der Waals surface area contributed by atoms with E-state index in [4.69, 9.17) is 0 Å². The molecule has 0 amide bonds. The highest BCUT2D eigenvalue weighted by atomic mass is 32.1. The van der Waals surface area contributed by atoms with E-state index in [1.807, 2.05) is 6.20 Å². The van der Waals surface area contributed by atoms with Crippen molar-refractivity contribution in [2.45, 2.75) is 38.6 Å². The molecular formula is C14H19N5S. The van der Waals surface area contributed by atoms with Crippen LogP contribution in [-0.4, -0.2) is 32.8 Å². The number of imidazole rings is 1. The van der Waals surface area contributed by atoms with Crippen LogP contribution in [0, 0.1) is 5.92 Å². The summed E-state index contributed by atoms with van der Waals surface area (Å²) in [4.78, 5) is 6.74. The van der Waals surface area contributed by atoms with Gasteiger partial charge in [0.2, 0.25) is 5.13 Å². The first-order chi connectivity index (χ1) is 9.83. The van der Waals surface area contributed by atoms with Crippen molar-refractivity contribution in [3.63, 3.8) is 0 Å². The molecule has 0 aromatic carbocycles. The summed E-state index contributed by atoms with van der Waals surface area (Å²) in [5.74, 6) is 2.62. The topological polar surface area (TPSA) is 46.8 Å². The van der Waals surface area contributed by atoms with Crippen LogP contribution in [0.1, 0.15) is 36.5 Å². The van der Waals surface area contributed by atoms with Gasteiger partial charge in [-0.3, -0.25) is 0 Å². The van der Waals surface area contributed by atoms with Crippen molar-refractivity contribution in [1.82, 2.24) is 19.7 Å². The highest BCUT2D eigenvalue weighted by Gasteiger charge is 2.32. The Morgan fingerprint density at radius 2 is 2.15 bits per heavy atom. The molecule has 3 heterocycles. The lowest BCUT2D eigenvalue weighted by Crippen LogP contribution is -2.48. The first-order valence-electron chi connectivity index (χ1n) is 7.42. The second-order valence-electron chi connectivity index (χ2n) is 5.82. The lowest BCUT2D eigenvalue weighted by atomic mass is 10.0. The number of aromatic nitrogens is 4. The summed E-state index contributed by atoms with van der Waals surface area (Å²) in [6, 6.07) is 0. The van der Waals surface area contributed by atoms with Crippen LogP contribution in [0.3, 0.4) is 0 Å². The van der Waals surface area contributed by atoms with Crippen LogP contribution >= 0.6 is 11.3 Å². The van der Waals surface area contributed by atoms with Crippen LogP contribution in [-0.2, 0) is 13.0 Å². The molecule has 2 aliphatic rings. The molecule has 2 fully saturated rings. The summed E-state index contributed by atoms with van der Waals surface area (Å²) in [6.07, 6.45) is 7.61. The molecule has 0 spiro atoms. The fourth-order valence-electron chi connectivity index (χ4n) is 2.79. The van der Waals surface area contributed by atoms with Gasteiger partial charge >= 0.3 is 0 Å². The Morgan fingerprint density at radius 1 is 1.30 bits per heavy atom. The zero-order valence-electron chi connectivity index (χ0n) is 11.7. The molecule has 5 nitrogen and oxygen atoms in total. The molecule has 1 aliphatic heterocycles. The maximum absolute atomic E-state index is 4.38. The van der Waals surface area contributed by atoms with E-state index in [1.54, 1.807) is 11.3 Å². The molecule has 0 N–H and O–H groups in total. The minimum Gasteiger partial charge on any atom is -0.346 e. The van der Waals surface area contributed by atoms with Crippen molar-refractivity contribution in [1.29, 1.82) is 0 Å². The Hall–Kier alpha value is -1.43. The monoisotopic (exact) mass is 289 g/mol. The summed E-state index contributed by atoms with van der Waals surface area (Å²) >= 11 is 1.79. The Bertz CT molecular complexity index is 594. The number of nitrogens with zero attached hydrogens (tertiary/aromatic N) is 5. The first-order valence-corrected chi connectivity index (χ1v) is 8.23. The first kappa shape index (κ1) is 12.3. The molecule has 1 saturated heterocycles. The molecule has 4 rings (SSSR count). The molecule has 20 heavy (non-hydrogen) atoms. The minimum absolute atomic E-state index is 0.711. The smallest absolute Gasteiger partial charge is 0.208 e. The number of anilines is 1. The molecule has 6 heteroatoms. The summed E-state index contributed by atoms with van der Waals surface area (Å²) < 4.78 is 2.29. The van der Waals surface area contributed by atoms with Crippen LogP contribution < -0.4 is 4.90 Å². The number of hydrogen-bond acceptors (Lipinski definition) is 5. The van der Waals surface area contributed by atoms with Crippen LogP contribution in [0.2, 0.25) is 0 Å². The van der Waals surface area contributed by atoms with E-state index < -0.39 is 0 Å². The summed E-state index contributed by atoms with van der Waals surface area (Å²) in [6.45, 7) is 5.43. The fraction of sp³-hybridized carbons (Fsp3) is 0.643. The quantitative estimate of drug-likeness (QED) is 0.847. The Balaban J connectivity index is 1.34. The lowest BCUT2D eigenvalue weighted by molar-refractivity contribution is 0.352. The molecule has 0 bridgehead atoms. The Morgan fingerprint density at radius 3 is 2.90 bits per heavy atom. The van der Waals surface area contributed by atoms with Gasteiger partial charge in [-0.25, -0.2) is 4.98 Å². The van der Waals surface area contributed by atoms with E-state index >= 15 is 0 Å². The fourth-order valence-corrected chi connectivity index (χ4v) is 3.82. The minimum atomic E-state index is 0.711. The number of rotatable bonds is 5. The van der Waals surface area contributed by atoms with E-state index in [0.29, 0.717) is 5.92 Å². The largest absolute Gasteiger partial charge is 0.346 e. The standard InChI is InChI=1S/C14H19N5S/c1-2-12-15-5-6-18(12)7-10-8-19(9-10)14-17-16-13(20-14)11-3-4-11/h5-6,10-11H,2-4,7-9H2,1H3. The van der Waals surface area contributed by atoms with E-state index in [0.717, 1.165) is 37.1 Å². The van der Waals surface area contributed by atoms with Gasteiger partial charge in [-0.1, -0.05) is 18.3 Å². The SMILES string of the molecule is CCc1nccn1CC1CN(c2nnc(C3CC3)s2)C1. The van der Waals surface area contributed by atoms with Crippen molar-refractivity contribution in [2.24, 2.45) is 5.92 Å². The molecule has 2 aromatic heterocycles. The predicted molar refractivity (Wildman–Crippen MR) is 79.2 cm³/mol. The van der Waals surface area contributed by atoms with Crippen LogP contribution in [0.4, 0.5) is 5.13 Å². The second kappa shape index (κ2) is 4.84. The summed E-state index contributed by atoms with van der Waals surface area (Å²) in [7, 11) is 0. The molecule has 0 unspecified atom stereocenters. The van der Waals surface area contributed by atoms with Crippen molar-refractivity contribution >= 4 is 16.5 Å². The van der Waals surface area contributed by atoms with Crippen molar-refractivity contribution in [2.75, 3.05) is 18.0 Å². The van der Waals surface area contributed by atoms with Crippen molar-refractivity contribution in [3.05, 3.63) is 23.2 Å². The molecule has 1 aliphatic carbocycles. The summed E-state index contributed by atoms with van der Waals surface area (Å²) in [5, 5.41) is 11.0. The molecular weight excluding hydrogens is 270 g/mol. The average Bonchev–Trinajstić information content (AvgIpc) is 2.99. The van der Waals surface area contributed by atoms with E-state index in [9.17, 15) is 0 Å². The predicted octanol–water partition coefficient (Wildman–Crippen LogP) is 2.31. The molecule has 0 atom stereocenters.